The van der Waals surface area contributed by atoms with Crippen molar-refractivity contribution in [3.05, 3.63) is 0 Å². The Kier molecular flexibility index (Phi) is 37.5. The van der Waals surface area contributed by atoms with Gasteiger partial charge < -0.3 is 85.6 Å². The molecule has 0 unspecified atom stereocenters. The van der Waals surface area contributed by atoms with Crippen molar-refractivity contribution in [2.75, 3.05) is 79.0 Å². The second-order valence-electron chi connectivity index (χ2n) is 20.8. The molecule has 0 aromatic carbocycles. The molecule has 8 atom stereocenters. The molecule has 23 heteroatoms. The number of unbranched alkanes of at least 4 members (excludes halogenated alkanes) is 9. The second kappa shape index (κ2) is 41.6. The molecule has 0 bridgehead atoms. The minimum Gasteiger partial charge on any atom is -0.394 e. The van der Waals surface area contributed by atoms with Crippen LogP contribution in [0.4, 0.5) is 0 Å². The van der Waals surface area contributed by atoms with E-state index in [0.29, 0.717) is 83.3 Å². The van der Waals surface area contributed by atoms with E-state index in [9.17, 15) is 59.4 Å². The van der Waals surface area contributed by atoms with E-state index in [1.54, 1.807) is 0 Å². The quantitative estimate of drug-likeness (QED) is 0.0380. The van der Waals surface area contributed by atoms with E-state index in [1.807, 2.05) is 20.8 Å². The fourth-order valence-electron chi connectivity index (χ4n) is 8.21. The third kappa shape index (κ3) is 33.1. The lowest BCUT2D eigenvalue weighted by Gasteiger charge is -2.36. The summed E-state index contributed by atoms with van der Waals surface area (Å²) in [5.41, 5.74) is -0.286. The summed E-state index contributed by atoms with van der Waals surface area (Å²) < 4.78 is 33.6. The van der Waals surface area contributed by atoms with Gasteiger partial charge in [-0.1, -0.05) is 59.3 Å². The van der Waals surface area contributed by atoms with Crippen molar-refractivity contribution in [1.82, 2.24) is 26.6 Å². The predicted octanol–water partition coefficient (Wildman–Crippen LogP) is 1.08. The number of amides is 5. The Morgan fingerprint density at radius 2 is 0.829 bits per heavy atom. The molecule has 2 heterocycles. The summed E-state index contributed by atoms with van der Waals surface area (Å²) in [6, 6.07) is -0.514. The summed E-state index contributed by atoms with van der Waals surface area (Å²) in [5, 5.41) is 72.3. The Morgan fingerprint density at radius 1 is 0.474 bits per heavy atom. The summed E-state index contributed by atoms with van der Waals surface area (Å²) in [7, 11) is 0. The molecule has 0 aromatic rings. The van der Waals surface area contributed by atoms with Crippen LogP contribution in [0.2, 0.25) is 0 Å². The van der Waals surface area contributed by atoms with Crippen molar-refractivity contribution in [1.29, 1.82) is 0 Å². The fraction of sp³-hybridized carbons (Fsp3) is 0.887. The molecular formula is C53H97N5O18. The van der Waals surface area contributed by atoms with Crippen LogP contribution >= 0.6 is 0 Å². The highest BCUT2D eigenvalue weighted by Gasteiger charge is 2.38. The van der Waals surface area contributed by atoms with Gasteiger partial charge in [0.15, 0.2) is 12.6 Å². The molecule has 11 N–H and O–H groups in total. The van der Waals surface area contributed by atoms with Crippen molar-refractivity contribution in [3.63, 3.8) is 0 Å². The number of rotatable bonds is 44. The molecule has 5 amide bonds. The van der Waals surface area contributed by atoms with Crippen LogP contribution in [0.3, 0.4) is 0 Å². The average molecular weight is 1090 g/mol. The third-order valence-corrected chi connectivity index (χ3v) is 13.0. The maximum atomic E-state index is 12.9. The highest BCUT2D eigenvalue weighted by atomic mass is 16.7. The summed E-state index contributed by atoms with van der Waals surface area (Å²) in [4.78, 5) is 74.5. The fourth-order valence-corrected chi connectivity index (χ4v) is 8.21. The van der Waals surface area contributed by atoms with Crippen molar-refractivity contribution in [2.24, 2.45) is 5.41 Å². The normalized spacial score (nSPS) is 21.8. The number of carbonyl (C=O) groups is 6. The zero-order valence-electron chi connectivity index (χ0n) is 45.8. The van der Waals surface area contributed by atoms with E-state index in [2.05, 4.69) is 26.6 Å². The number of hydrogen-bond donors (Lipinski definition) is 11. The first-order valence-corrected chi connectivity index (χ1v) is 28.0. The van der Waals surface area contributed by atoms with Gasteiger partial charge in [0.05, 0.1) is 57.9 Å². The van der Waals surface area contributed by atoms with Crippen LogP contribution in [0, 0.1) is 5.41 Å². The molecule has 2 aliphatic heterocycles. The Bertz CT molecular complexity index is 1520. The first kappa shape index (κ1) is 68.6. The number of carbonyl (C=O) groups excluding carboxylic acids is 6. The van der Waals surface area contributed by atoms with Gasteiger partial charge in [-0.25, -0.2) is 0 Å². The van der Waals surface area contributed by atoms with Crippen LogP contribution in [0.5, 0.6) is 0 Å². The van der Waals surface area contributed by atoms with Gasteiger partial charge in [0, 0.05) is 96.2 Å². The maximum absolute atomic E-state index is 12.9. The highest BCUT2D eigenvalue weighted by molar-refractivity contribution is 5.83. The van der Waals surface area contributed by atoms with Gasteiger partial charge in [-0.3, -0.25) is 28.8 Å². The SMILES string of the molecule is CC(C)(C)C(=O)CCCCCCCCCCC(=O)NC(COCCC(=O)NCCCNC(=O)CCCCO[C@H]1C[C@@H](O)[C@@H](O)[C@@H](CO)O1)COCCC(=O)NCCCNC(=O)CCCCO[C@H]1C[C@@H](O)[C@@H](O)[C@@H](CO)O1. The zero-order valence-corrected chi connectivity index (χ0v) is 45.8. The number of ether oxygens (including phenoxy) is 6. The van der Waals surface area contributed by atoms with E-state index in [-0.39, 0.29) is 113 Å². The first-order chi connectivity index (χ1) is 36.4. The summed E-state index contributed by atoms with van der Waals surface area (Å²) in [5.74, 6) is -0.560. The standard InChI is InChI=1S/C53H97N5O18/c1-53(2,3)43(63)18-10-8-6-4-5-7-9-11-21-48(68)58-38(36-71-30-22-46(66)56-26-16-24-54-44(64)19-12-14-28-73-49-32-39(61)51(69)41(34-59)75-49)37-72-31-23-47(67)57-27-17-25-55-45(65)20-13-15-29-74-50-33-40(62)52(70)42(35-60)76-50/h38-42,49-52,59-62,69-70H,4-37H2,1-3H3,(H,54,64)(H,55,65)(H,56,66)(H,57,67)(H,58,68)/t39-,40-,41-,42-,49-,50-,51-,52-/m1/s1. The molecule has 2 saturated heterocycles. The van der Waals surface area contributed by atoms with Crippen LogP contribution in [0.25, 0.3) is 0 Å². The Labute approximate surface area is 450 Å². The lowest BCUT2D eigenvalue weighted by atomic mass is 9.88. The molecule has 0 aliphatic carbocycles. The monoisotopic (exact) mass is 1090 g/mol. The number of hydrogen-bond acceptors (Lipinski definition) is 18. The number of Topliss-reactive ketones (excluding diaryl/α,β-unsaturated/α-hetero) is 1. The van der Waals surface area contributed by atoms with Gasteiger partial charge in [0.2, 0.25) is 29.5 Å². The summed E-state index contributed by atoms with van der Waals surface area (Å²) in [6.07, 6.45) is 5.32. The van der Waals surface area contributed by atoms with Gasteiger partial charge in [-0.15, -0.1) is 0 Å². The van der Waals surface area contributed by atoms with Gasteiger partial charge in [-0.05, 0) is 51.4 Å². The molecule has 0 radical (unpaired) electrons. The van der Waals surface area contributed by atoms with E-state index >= 15 is 0 Å². The smallest absolute Gasteiger partial charge is 0.222 e. The van der Waals surface area contributed by atoms with Crippen LogP contribution in [0.1, 0.15) is 162 Å². The topological polar surface area (TPSA) is 339 Å². The van der Waals surface area contributed by atoms with E-state index < -0.39 is 68.5 Å². The molecule has 23 nitrogen and oxygen atoms in total. The van der Waals surface area contributed by atoms with Gasteiger partial charge in [0.1, 0.15) is 30.2 Å². The summed E-state index contributed by atoms with van der Waals surface area (Å²) >= 11 is 0. The molecule has 76 heavy (non-hydrogen) atoms. The van der Waals surface area contributed by atoms with Crippen molar-refractivity contribution in [3.8, 4) is 0 Å². The molecule has 0 aromatic heterocycles. The number of aliphatic hydroxyl groups is 6. The molecule has 2 aliphatic rings. The highest BCUT2D eigenvalue weighted by Crippen LogP contribution is 2.23. The minimum atomic E-state index is -1.17. The molecule has 0 spiro atoms. The maximum Gasteiger partial charge on any atom is 0.222 e. The minimum absolute atomic E-state index is 0.0844. The van der Waals surface area contributed by atoms with E-state index in [0.717, 1.165) is 51.4 Å². The number of aliphatic hydroxyl groups excluding tert-OH is 6. The average Bonchev–Trinajstić information content (AvgIpc) is 3.37. The van der Waals surface area contributed by atoms with Crippen LogP contribution in [0.15, 0.2) is 0 Å². The molecule has 0 saturated carbocycles. The number of ketones is 1. The van der Waals surface area contributed by atoms with Gasteiger partial charge in [0.25, 0.3) is 0 Å². The van der Waals surface area contributed by atoms with Crippen molar-refractivity contribution >= 4 is 35.3 Å². The van der Waals surface area contributed by atoms with Gasteiger partial charge in [-0.2, -0.15) is 0 Å². The van der Waals surface area contributed by atoms with Crippen LogP contribution in [-0.2, 0) is 57.2 Å². The van der Waals surface area contributed by atoms with E-state index in [1.165, 1.54) is 0 Å². The first-order valence-electron chi connectivity index (χ1n) is 28.0. The Morgan fingerprint density at radius 3 is 1.22 bits per heavy atom. The lowest BCUT2D eigenvalue weighted by molar-refractivity contribution is -0.257. The Balaban J connectivity index is 1.60. The number of nitrogens with one attached hydrogen (secondary N) is 5. The predicted molar refractivity (Wildman–Crippen MR) is 279 cm³/mol. The summed E-state index contributed by atoms with van der Waals surface area (Å²) in [6.45, 7) is 7.41. The lowest BCUT2D eigenvalue weighted by Crippen LogP contribution is -2.50. The zero-order chi connectivity index (χ0) is 56.0. The second-order valence-corrected chi connectivity index (χ2v) is 20.8. The van der Waals surface area contributed by atoms with E-state index in [4.69, 9.17) is 28.4 Å². The largest absolute Gasteiger partial charge is 0.394 e. The van der Waals surface area contributed by atoms with Gasteiger partial charge >= 0.3 is 0 Å². The Hall–Kier alpha value is -3.46. The molecular weight excluding hydrogens is 995 g/mol. The van der Waals surface area contributed by atoms with Crippen molar-refractivity contribution in [2.45, 2.75) is 217 Å². The van der Waals surface area contributed by atoms with Crippen LogP contribution < -0.4 is 26.6 Å². The molecule has 2 rings (SSSR count). The third-order valence-electron chi connectivity index (χ3n) is 13.0. The molecule has 442 valence electrons. The van der Waals surface area contributed by atoms with Crippen molar-refractivity contribution < 1.29 is 87.8 Å². The van der Waals surface area contributed by atoms with Crippen LogP contribution in [-0.4, -0.2) is 200 Å². The molecule has 2 fully saturated rings.